The molecular formula is C13H16N4O3S2. The van der Waals surface area contributed by atoms with E-state index in [0.717, 1.165) is 16.9 Å². The van der Waals surface area contributed by atoms with Crippen LogP contribution in [-0.2, 0) is 14.8 Å². The summed E-state index contributed by atoms with van der Waals surface area (Å²) < 4.78 is 27.2. The molecule has 0 saturated heterocycles. The van der Waals surface area contributed by atoms with E-state index in [1.165, 1.54) is 6.92 Å². The summed E-state index contributed by atoms with van der Waals surface area (Å²) in [5.41, 5.74) is 0.875. The first-order valence-electron chi connectivity index (χ1n) is 6.60. The van der Waals surface area contributed by atoms with E-state index in [0.29, 0.717) is 6.42 Å². The molecule has 0 bridgehead atoms. The second kappa shape index (κ2) is 6.95. The molecule has 1 aromatic heterocycles. The molecule has 7 nitrogen and oxygen atoms in total. The third-order valence-corrected chi connectivity index (χ3v) is 5.50. The highest BCUT2D eigenvalue weighted by Crippen LogP contribution is 2.23. The topological polar surface area (TPSA) is 101 Å². The van der Waals surface area contributed by atoms with Gasteiger partial charge in [-0.2, -0.15) is 0 Å². The fraction of sp³-hybridized carbons (Fsp3) is 0.308. The van der Waals surface area contributed by atoms with Gasteiger partial charge < -0.3 is 5.32 Å². The first-order valence-corrected chi connectivity index (χ1v) is 8.90. The molecule has 0 unspecified atom stereocenters. The van der Waals surface area contributed by atoms with Crippen molar-refractivity contribution >= 4 is 32.4 Å². The molecule has 0 radical (unpaired) electrons. The number of carbonyl (C=O) groups is 1. The Balaban J connectivity index is 2.19. The van der Waals surface area contributed by atoms with Crippen molar-refractivity contribution in [3.05, 3.63) is 35.9 Å². The van der Waals surface area contributed by atoms with Gasteiger partial charge in [0.25, 0.3) is 10.0 Å². The second-order valence-corrected chi connectivity index (χ2v) is 7.41. The monoisotopic (exact) mass is 340 g/mol. The van der Waals surface area contributed by atoms with Crippen LogP contribution in [-0.4, -0.2) is 24.5 Å². The minimum Gasteiger partial charge on any atom is -0.301 e. The van der Waals surface area contributed by atoms with Gasteiger partial charge in [-0.25, -0.2) is 13.1 Å². The fourth-order valence-electron chi connectivity index (χ4n) is 1.83. The Bertz CT molecular complexity index is 744. The number of hydrogen-bond donors (Lipinski definition) is 2. The highest BCUT2D eigenvalue weighted by molar-refractivity contribution is 7.91. The van der Waals surface area contributed by atoms with Crippen molar-refractivity contribution < 1.29 is 13.2 Å². The van der Waals surface area contributed by atoms with Crippen molar-refractivity contribution in [2.24, 2.45) is 0 Å². The quantitative estimate of drug-likeness (QED) is 0.783. The average molecular weight is 340 g/mol. The van der Waals surface area contributed by atoms with Gasteiger partial charge in [0, 0.05) is 13.0 Å². The lowest BCUT2D eigenvalue weighted by Gasteiger charge is -2.16. The maximum Gasteiger partial charge on any atom is 0.270 e. The molecule has 0 saturated carbocycles. The van der Waals surface area contributed by atoms with E-state index >= 15 is 0 Å². The van der Waals surface area contributed by atoms with Gasteiger partial charge in [0.1, 0.15) is 0 Å². The lowest BCUT2D eigenvalue weighted by Crippen LogP contribution is -2.28. The van der Waals surface area contributed by atoms with E-state index < -0.39 is 10.0 Å². The van der Waals surface area contributed by atoms with Crippen LogP contribution >= 0.6 is 11.3 Å². The molecule has 2 N–H and O–H groups in total. The lowest BCUT2D eigenvalue weighted by molar-refractivity contribution is -0.114. The van der Waals surface area contributed by atoms with Crippen LogP contribution in [0.25, 0.3) is 0 Å². The van der Waals surface area contributed by atoms with Crippen molar-refractivity contribution in [2.75, 3.05) is 5.32 Å². The molecule has 22 heavy (non-hydrogen) atoms. The molecule has 9 heteroatoms. The summed E-state index contributed by atoms with van der Waals surface area (Å²) >= 11 is 0.811. The summed E-state index contributed by atoms with van der Waals surface area (Å²) in [6, 6.07) is 8.95. The summed E-state index contributed by atoms with van der Waals surface area (Å²) in [4.78, 5) is 10.9. The second-order valence-electron chi connectivity index (χ2n) is 4.55. The minimum absolute atomic E-state index is 0.153. The van der Waals surface area contributed by atoms with E-state index in [-0.39, 0.29) is 21.4 Å². The van der Waals surface area contributed by atoms with Crippen molar-refractivity contribution in [2.45, 2.75) is 30.6 Å². The summed E-state index contributed by atoms with van der Waals surface area (Å²) in [7, 11) is -3.79. The van der Waals surface area contributed by atoms with Crippen molar-refractivity contribution in [1.82, 2.24) is 14.9 Å². The Morgan fingerprint density at radius 3 is 2.55 bits per heavy atom. The van der Waals surface area contributed by atoms with Crippen LogP contribution in [0, 0.1) is 0 Å². The molecular weight excluding hydrogens is 324 g/mol. The summed E-state index contributed by atoms with van der Waals surface area (Å²) in [5, 5.41) is 9.83. The number of rotatable bonds is 6. The standard InChI is InChI=1S/C13H16N4O3S2/c1-3-11(10-7-5-4-6-8-10)17-22(19,20)13-16-15-12(21-13)14-9(2)18/h4-8,11,17H,3H2,1-2H3,(H,14,15,18)/t11-/m1/s1. The molecule has 0 spiro atoms. The van der Waals surface area contributed by atoms with Crippen molar-refractivity contribution in [3.8, 4) is 0 Å². The predicted molar refractivity (Wildman–Crippen MR) is 84.0 cm³/mol. The number of sulfonamides is 1. The zero-order valence-electron chi connectivity index (χ0n) is 12.1. The van der Waals surface area contributed by atoms with E-state index in [9.17, 15) is 13.2 Å². The third kappa shape index (κ3) is 4.09. The molecule has 1 heterocycles. The van der Waals surface area contributed by atoms with Gasteiger partial charge in [-0.15, -0.1) is 10.2 Å². The van der Waals surface area contributed by atoms with E-state index in [2.05, 4.69) is 20.2 Å². The zero-order chi connectivity index (χ0) is 16.2. The Morgan fingerprint density at radius 2 is 1.95 bits per heavy atom. The van der Waals surface area contributed by atoms with Gasteiger partial charge in [-0.3, -0.25) is 4.79 Å². The Hall–Kier alpha value is -1.84. The number of anilines is 1. The van der Waals surface area contributed by atoms with Crippen LogP contribution in [0.3, 0.4) is 0 Å². The molecule has 1 aromatic carbocycles. The SMILES string of the molecule is CC[C@@H](NS(=O)(=O)c1nnc(NC(C)=O)s1)c1ccccc1. The molecule has 0 aliphatic carbocycles. The van der Waals surface area contributed by atoms with Gasteiger partial charge in [-0.05, 0) is 12.0 Å². The number of aromatic nitrogens is 2. The van der Waals surface area contributed by atoms with Crippen LogP contribution < -0.4 is 10.0 Å². The molecule has 118 valence electrons. The van der Waals surface area contributed by atoms with Gasteiger partial charge in [-0.1, -0.05) is 48.6 Å². The maximum atomic E-state index is 12.4. The van der Waals surface area contributed by atoms with Crippen LogP contribution in [0.5, 0.6) is 0 Å². The van der Waals surface area contributed by atoms with Gasteiger partial charge in [0.2, 0.25) is 15.4 Å². The molecule has 1 atom stereocenters. The molecule has 0 aliphatic rings. The first kappa shape index (κ1) is 16.5. The Morgan fingerprint density at radius 1 is 1.27 bits per heavy atom. The summed E-state index contributed by atoms with van der Waals surface area (Å²) in [6.45, 7) is 3.21. The zero-order valence-corrected chi connectivity index (χ0v) is 13.7. The van der Waals surface area contributed by atoms with E-state index in [1.807, 2.05) is 37.3 Å². The Kier molecular flexibility index (Phi) is 5.22. The molecule has 2 aromatic rings. The summed E-state index contributed by atoms with van der Waals surface area (Å²) in [6.07, 6.45) is 0.598. The highest BCUT2D eigenvalue weighted by atomic mass is 32.2. The summed E-state index contributed by atoms with van der Waals surface area (Å²) in [5.74, 6) is -0.330. The largest absolute Gasteiger partial charge is 0.301 e. The van der Waals surface area contributed by atoms with E-state index in [1.54, 1.807) is 0 Å². The van der Waals surface area contributed by atoms with Crippen molar-refractivity contribution in [1.29, 1.82) is 0 Å². The average Bonchev–Trinajstić information content (AvgIpc) is 2.94. The van der Waals surface area contributed by atoms with Gasteiger partial charge in [0.15, 0.2) is 0 Å². The third-order valence-electron chi connectivity index (χ3n) is 2.83. The first-order chi connectivity index (χ1) is 10.4. The van der Waals surface area contributed by atoms with Crippen LogP contribution in [0.4, 0.5) is 5.13 Å². The minimum atomic E-state index is -3.79. The van der Waals surface area contributed by atoms with Gasteiger partial charge in [0.05, 0.1) is 0 Å². The molecule has 0 fully saturated rings. The van der Waals surface area contributed by atoms with Crippen LogP contribution in [0.15, 0.2) is 34.7 Å². The lowest BCUT2D eigenvalue weighted by atomic mass is 10.1. The van der Waals surface area contributed by atoms with E-state index in [4.69, 9.17) is 0 Å². The number of carbonyl (C=O) groups excluding carboxylic acids is 1. The van der Waals surface area contributed by atoms with Gasteiger partial charge >= 0.3 is 0 Å². The predicted octanol–water partition coefficient (Wildman–Crippen LogP) is 1.93. The number of nitrogens with one attached hydrogen (secondary N) is 2. The smallest absolute Gasteiger partial charge is 0.270 e. The number of amides is 1. The Labute approximate surface area is 132 Å². The molecule has 2 rings (SSSR count). The number of nitrogens with zero attached hydrogens (tertiary/aromatic N) is 2. The number of benzene rings is 1. The normalized spacial score (nSPS) is 12.8. The van der Waals surface area contributed by atoms with Crippen molar-refractivity contribution in [3.63, 3.8) is 0 Å². The molecule has 0 aliphatic heterocycles. The number of hydrogen-bond acceptors (Lipinski definition) is 6. The van der Waals surface area contributed by atoms with Crippen LogP contribution in [0.1, 0.15) is 31.9 Å². The fourth-order valence-corrected chi connectivity index (χ4v) is 4.10. The maximum absolute atomic E-state index is 12.4. The molecule has 1 amide bonds. The van der Waals surface area contributed by atoms with Crippen LogP contribution in [0.2, 0.25) is 0 Å². The highest BCUT2D eigenvalue weighted by Gasteiger charge is 2.24.